The largest absolute Gasteiger partial charge is 0.496 e. The number of carbonyl (C=O) groups is 2. The van der Waals surface area contributed by atoms with Crippen molar-refractivity contribution in [3.05, 3.63) is 29.3 Å². The first-order valence-corrected chi connectivity index (χ1v) is 8.73. The van der Waals surface area contributed by atoms with Gasteiger partial charge < -0.3 is 15.2 Å². The summed E-state index contributed by atoms with van der Waals surface area (Å²) in [6.45, 7) is 0.544. The second-order valence-corrected chi connectivity index (χ2v) is 7.07. The van der Waals surface area contributed by atoms with Gasteiger partial charge in [-0.15, -0.1) is 0 Å². The van der Waals surface area contributed by atoms with Gasteiger partial charge in [-0.05, 0) is 61.1 Å². The highest BCUT2D eigenvalue weighted by Crippen LogP contribution is 2.49. The van der Waals surface area contributed by atoms with Crippen LogP contribution in [0.25, 0.3) is 0 Å². The van der Waals surface area contributed by atoms with Crippen molar-refractivity contribution in [2.24, 2.45) is 17.8 Å². The number of amides is 1. The molecule has 0 radical (unpaired) electrons. The Balaban J connectivity index is 1.47. The summed E-state index contributed by atoms with van der Waals surface area (Å²) in [5.74, 6) is 1.92. The van der Waals surface area contributed by atoms with Gasteiger partial charge in [-0.25, -0.2) is 4.79 Å². The number of rotatable bonds is 7. The summed E-state index contributed by atoms with van der Waals surface area (Å²) in [4.78, 5) is 23.1. The molecule has 3 unspecified atom stereocenters. The smallest absolute Gasteiger partial charge is 0.335 e. The average molecular weight is 331 g/mol. The summed E-state index contributed by atoms with van der Waals surface area (Å²) in [6, 6.07) is 4.84. The van der Waals surface area contributed by atoms with E-state index in [1.165, 1.54) is 38.9 Å². The first-order chi connectivity index (χ1) is 11.6. The van der Waals surface area contributed by atoms with Crippen LogP contribution in [0.1, 0.15) is 48.0 Å². The van der Waals surface area contributed by atoms with Gasteiger partial charge in [0.25, 0.3) is 0 Å². The Kier molecular flexibility index (Phi) is 5.07. The molecule has 24 heavy (non-hydrogen) atoms. The Morgan fingerprint density at radius 2 is 2.12 bits per heavy atom. The SMILES string of the molecule is COc1cc(C(=O)O)ccc1CCNC(=O)CC1CC2CCC1C2. The first-order valence-electron chi connectivity index (χ1n) is 8.73. The van der Waals surface area contributed by atoms with Gasteiger partial charge in [0.2, 0.25) is 5.91 Å². The van der Waals surface area contributed by atoms with Gasteiger partial charge >= 0.3 is 5.97 Å². The quantitative estimate of drug-likeness (QED) is 0.805. The van der Waals surface area contributed by atoms with Crippen molar-refractivity contribution in [1.82, 2.24) is 5.32 Å². The van der Waals surface area contributed by atoms with Gasteiger partial charge in [-0.1, -0.05) is 12.5 Å². The van der Waals surface area contributed by atoms with E-state index in [-0.39, 0.29) is 11.5 Å². The summed E-state index contributed by atoms with van der Waals surface area (Å²) in [5.41, 5.74) is 1.11. The zero-order valence-corrected chi connectivity index (χ0v) is 14.1. The Morgan fingerprint density at radius 3 is 2.75 bits per heavy atom. The van der Waals surface area contributed by atoms with Gasteiger partial charge in [0, 0.05) is 13.0 Å². The Labute approximate surface area is 142 Å². The molecule has 5 nitrogen and oxygen atoms in total. The van der Waals surface area contributed by atoms with Crippen LogP contribution in [-0.4, -0.2) is 30.6 Å². The molecule has 2 bridgehead atoms. The van der Waals surface area contributed by atoms with Gasteiger partial charge in [0.15, 0.2) is 0 Å². The highest BCUT2D eigenvalue weighted by Gasteiger charge is 2.39. The highest BCUT2D eigenvalue weighted by molar-refractivity contribution is 5.88. The zero-order chi connectivity index (χ0) is 17.1. The van der Waals surface area contributed by atoms with E-state index < -0.39 is 5.97 Å². The van der Waals surface area contributed by atoms with E-state index in [1.54, 1.807) is 12.1 Å². The van der Waals surface area contributed by atoms with Crippen molar-refractivity contribution < 1.29 is 19.4 Å². The third kappa shape index (κ3) is 3.71. The molecule has 0 saturated heterocycles. The molecule has 2 saturated carbocycles. The molecule has 0 aliphatic heterocycles. The minimum absolute atomic E-state index is 0.133. The molecule has 0 heterocycles. The van der Waals surface area contributed by atoms with Crippen molar-refractivity contribution in [3.63, 3.8) is 0 Å². The van der Waals surface area contributed by atoms with E-state index >= 15 is 0 Å². The third-order valence-corrected chi connectivity index (χ3v) is 5.58. The van der Waals surface area contributed by atoms with Crippen LogP contribution < -0.4 is 10.1 Å². The molecule has 2 N–H and O–H groups in total. The number of aromatic carboxylic acids is 1. The molecule has 5 heteroatoms. The van der Waals surface area contributed by atoms with Crippen LogP contribution in [0, 0.1) is 17.8 Å². The summed E-state index contributed by atoms with van der Waals surface area (Å²) in [5, 5.41) is 12.0. The predicted octanol–water partition coefficient (Wildman–Crippen LogP) is 2.88. The maximum Gasteiger partial charge on any atom is 0.335 e. The fourth-order valence-corrected chi connectivity index (χ4v) is 4.36. The summed E-state index contributed by atoms with van der Waals surface area (Å²) in [7, 11) is 1.53. The van der Waals surface area contributed by atoms with Crippen molar-refractivity contribution in [1.29, 1.82) is 0 Å². The lowest BCUT2D eigenvalue weighted by Gasteiger charge is -2.21. The number of benzene rings is 1. The molecule has 2 aliphatic rings. The standard InChI is InChI=1S/C19H25NO4/c1-24-17-10-15(19(22)23)5-4-13(17)6-7-20-18(21)11-16-9-12-2-3-14(16)8-12/h4-5,10,12,14,16H,2-3,6-9,11H2,1H3,(H,20,21)(H,22,23). The van der Waals surface area contributed by atoms with Crippen LogP contribution in [-0.2, 0) is 11.2 Å². The maximum absolute atomic E-state index is 12.1. The van der Waals surface area contributed by atoms with E-state index in [0.717, 1.165) is 17.4 Å². The molecule has 0 aromatic heterocycles. The molecular weight excluding hydrogens is 306 g/mol. The summed E-state index contributed by atoms with van der Waals surface area (Å²) < 4.78 is 5.26. The van der Waals surface area contributed by atoms with E-state index in [9.17, 15) is 9.59 Å². The molecule has 1 amide bonds. The van der Waals surface area contributed by atoms with E-state index in [4.69, 9.17) is 9.84 Å². The number of carboxylic acid groups (broad SMARTS) is 1. The lowest BCUT2D eigenvalue weighted by atomic mass is 9.86. The topological polar surface area (TPSA) is 75.6 Å². The van der Waals surface area contributed by atoms with Crippen molar-refractivity contribution >= 4 is 11.9 Å². The zero-order valence-electron chi connectivity index (χ0n) is 14.1. The van der Waals surface area contributed by atoms with Crippen molar-refractivity contribution in [3.8, 4) is 5.75 Å². The van der Waals surface area contributed by atoms with Crippen LogP contribution in [0.3, 0.4) is 0 Å². The molecule has 1 aromatic rings. The number of methoxy groups -OCH3 is 1. The number of ether oxygens (including phenoxy) is 1. The average Bonchev–Trinajstić information content (AvgIpc) is 3.17. The van der Waals surface area contributed by atoms with Crippen LogP contribution in [0.4, 0.5) is 0 Å². The fraction of sp³-hybridized carbons (Fsp3) is 0.579. The van der Waals surface area contributed by atoms with E-state index in [1.807, 2.05) is 0 Å². The Morgan fingerprint density at radius 1 is 1.29 bits per heavy atom. The normalized spacial score (nSPS) is 24.8. The number of hydrogen-bond donors (Lipinski definition) is 2. The molecule has 3 rings (SSSR count). The molecule has 130 valence electrons. The predicted molar refractivity (Wildman–Crippen MR) is 90.2 cm³/mol. The highest BCUT2D eigenvalue weighted by atomic mass is 16.5. The van der Waals surface area contributed by atoms with Gasteiger partial charge in [-0.2, -0.15) is 0 Å². The fourth-order valence-electron chi connectivity index (χ4n) is 4.36. The van der Waals surface area contributed by atoms with Gasteiger partial charge in [-0.3, -0.25) is 4.79 Å². The second kappa shape index (κ2) is 7.24. The van der Waals surface area contributed by atoms with Gasteiger partial charge in [0.1, 0.15) is 5.75 Å². The molecular formula is C19H25NO4. The minimum Gasteiger partial charge on any atom is -0.496 e. The van der Waals surface area contributed by atoms with E-state index in [0.29, 0.717) is 31.1 Å². The summed E-state index contributed by atoms with van der Waals surface area (Å²) >= 11 is 0. The Bertz CT molecular complexity index is 628. The van der Waals surface area contributed by atoms with Crippen LogP contribution >= 0.6 is 0 Å². The molecule has 2 aliphatic carbocycles. The van der Waals surface area contributed by atoms with Crippen LogP contribution in [0.5, 0.6) is 5.75 Å². The van der Waals surface area contributed by atoms with Crippen LogP contribution in [0.15, 0.2) is 18.2 Å². The number of carbonyl (C=O) groups excluding carboxylic acids is 1. The van der Waals surface area contributed by atoms with Crippen molar-refractivity contribution in [2.45, 2.75) is 38.5 Å². The Hall–Kier alpha value is -2.04. The number of nitrogens with one attached hydrogen (secondary N) is 1. The van der Waals surface area contributed by atoms with Crippen LogP contribution in [0.2, 0.25) is 0 Å². The monoisotopic (exact) mass is 331 g/mol. The first kappa shape index (κ1) is 16.8. The lowest BCUT2D eigenvalue weighted by Crippen LogP contribution is -2.29. The van der Waals surface area contributed by atoms with Crippen molar-refractivity contribution in [2.75, 3.05) is 13.7 Å². The summed E-state index contributed by atoms with van der Waals surface area (Å²) in [6.07, 6.45) is 6.49. The maximum atomic E-state index is 12.1. The minimum atomic E-state index is -0.973. The number of fused-ring (bicyclic) bond motifs is 2. The lowest BCUT2D eigenvalue weighted by molar-refractivity contribution is -0.122. The number of hydrogen-bond acceptors (Lipinski definition) is 3. The van der Waals surface area contributed by atoms with E-state index in [2.05, 4.69) is 5.32 Å². The molecule has 0 spiro atoms. The third-order valence-electron chi connectivity index (χ3n) is 5.58. The number of carboxylic acids is 1. The second-order valence-electron chi connectivity index (χ2n) is 7.07. The molecule has 1 aromatic carbocycles. The van der Waals surface area contributed by atoms with Gasteiger partial charge in [0.05, 0.1) is 12.7 Å². The molecule has 3 atom stereocenters. The molecule has 2 fully saturated rings.